The summed E-state index contributed by atoms with van der Waals surface area (Å²) in [6.07, 6.45) is 4.19. The molecule has 0 atom stereocenters. The van der Waals surface area contributed by atoms with Crippen LogP contribution in [-0.4, -0.2) is 30.2 Å². The molecule has 0 aromatic carbocycles. The summed E-state index contributed by atoms with van der Waals surface area (Å²) in [5.41, 5.74) is 0.310. The van der Waals surface area contributed by atoms with E-state index in [1.165, 1.54) is 32.3 Å². The lowest BCUT2D eigenvalue weighted by molar-refractivity contribution is -0.131. The average Bonchev–Trinajstić information content (AvgIpc) is 2.93. The number of hydrogen-bond acceptors (Lipinski definition) is 7. The predicted octanol–water partition coefficient (Wildman–Crippen LogP) is 1.90. The van der Waals surface area contributed by atoms with E-state index in [4.69, 9.17) is 9.15 Å². The predicted molar refractivity (Wildman–Crippen MR) is 85.4 cm³/mol. The van der Waals surface area contributed by atoms with Crippen LogP contribution in [0.15, 0.2) is 34.2 Å². The molecule has 8 heteroatoms. The molecular weight excluding hydrogens is 334 g/mol. The molecule has 130 valence electrons. The van der Waals surface area contributed by atoms with Gasteiger partial charge in [0, 0.05) is 35.2 Å². The number of esters is 1. The minimum atomic E-state index is -4.01. The highest BCUT2D eigenvalue weighted by molar-refractivity contribution is 7.92. The number of carbonyl (C=O) groups is 1. The quantitative estimate of drug-likeness (QED) is 0.818. The molecule has 0 saturated carbocycles. The maximum atomic E-state index is 12.3. The van der Waals surface area contributed by atoms with Crippen LogP contribution in [0.3, 0.4) is 0 Å². The van der Waals surface area contributed by atoms with E-state index in [0.717, 1.165) is 6.26 Å². The van der Waals surface area contributed by atoms with Gasteiger partial charge < -0.3 is 14.3 Å². The Hall–Kier alpha value is -2.19. The molecule has 24 heavy (non-hydrogen) atoms. The van der Waals surface area contributed by atoms with Gasteiger partial charge in [0.1, 0.15) is 5.75 Å². The van der Waals surface area contributed by atoms with Crippen LogP contribution >= 0.6 is 0 Å². The maximum Gasteiger partial charge on any atom is 0.327 e. The summed E-state index contributed by atoms with van der Waals surface area (Å²) in [6, 6.07) is 1.20. The fourth-order valence-electron chi connectivity index (χ4n) is 2.02. The largest absolute Gasteiger partial charge is 0.453 e. The van der Waals surface area contributed by atoms with E-state index < -0.39 is 27.2 Å². The van der Waals surface area contributed by atoms with Crippen molar-refractivity contribution >= 4 is 15.8 Å². The number of rotatable bonds is 5. The van der Waals surface area contributed by atoms with Crippen LogP contribution < -0.4 is 4.74 Å². The highest BCUT2D eigenvalue weighted by Crippen LogP contribution is 2.26. The van der Waals surface area contributed by atoms with Crippen LogP contribution in [0.5, 0.6) is 5.75 Å². The van der Waals surface area contributed by atoms with Crippen molar-refractivity contribution in [3.8, 4) is 5.75 Å². The Bertz CT molecular complexity index is 841. The minimum absolute atomic E-state index is 0.293. The standard InChI is InChI=1S/C16H19NO6S/c1-10-6-17-7-11(2)15(10)23-13(18)9-24(20,21)14-5-12(8-22-14)16(3,4)19/h5-8,19H,9H2,1-4H3. The SMILES string of the molecule is Cc1cncc(C)c1OC(=O)CS(=O)(=O)c1cc(C(C)(C)O)co1. The second kappa shape index (κ2) is 6.37. The normalized spacial score (nSPS) is 12.2. The number of furan rings is 1. The molecular formula is C16H19NO6S. The van der Waals surface area contributed by atoms with Gasteiger partial charge in [0.05, 0.1) is 11.9 Å². The number of hydrogen-bond donors (Lipinski definition) is 1. The van der Waals surface area contributed by atoms with Crippen LogP contribution in [0, 0.1) is 13.8 Å². The molecule has 0 aliphatic carbocycles. The van der Waals surface area contributed by atoms with Crippen molar-refractivity contribution in [3.63, 3.8) is 0 Å². The van der Waals surface area contributed by atoms with Crippen molar-refractivity contribution in [3.05, 3.63) is 41.4 Å². The number of sulfone groups is 1. The Kier molecular flexibility index (Phi) is 4.82. The Balaban J connectivity index is 2.17. The molecule has 0 saturated heterocycles. The van der Waals surface area contributed by atoms with Crippen molar-refractivity contribution in [1.82, 2.24) is 4.98 Å². The van der Waals surface area contributed by atoms with Gasteiger partial charge in [-0.1, -0.05) is 0 Å². The molecule has 0 aliphatic heterocycles. The molecule has 2 heterocycles. The third kappa shape index (κ3) is 4.01. The first-order chi connectivity index (χ1) is 11.0. The number of carbonyl (C=O) groups excluding carboxylic acids is 1. The monoisotopic (exact) mass is 353 g/mol. The first kappa shape index (κ1) is 18.2. The molecule has 0 aliphatic rings. The van der Waals surface area contributed by atoms with Crippen LogP contribution in [0.2, 0.25) is 0 Å². The van der Waals surface area contributed by atoms with Gasteiger partial charge in [-0.25, -0.2) is 8.42 Å². The summed E-state index contributed by atoms with van der Waals surface area (Å²) in [5, 5.41) is 9.46. The Labute approximate surface area is 140 Å². The van der Waals surface area contributed by atoms with Crippen LogP contribution in [0.4, 0.5) is 0 Å². The fraction of sp³-hybridized carbons (Fsp3) is 0.375. The van der Waals surface area contributed by atoms with Gasteiger partial charge in [-0.3, -0.25) is 9.78 Å². The van der Waals surface area contributed by atoms with E-state index in [1.807, 2.05) is 0 Å². The van der Waals surface area contributed by atoms with E-state index in [9.17, 15) is 18.3 Å². The van der Waals surface area contributed by atoms with Gasteiger partial charge in [-0.05, 0) is 27.7 Å². The van der Waals surface area contributed by atoms with Crippen LogP contribution in [-0.2, 0) is 20.2 Å². The average molecular weight is 353 g/mol. The van der Waals surface area contributed by atoms with Gasteiger partial charge in [0.15, 0.2) is 5.75 Å². The lowest BCUT2D eigenvalue weighted by Crippen LogP contribution is -2.21. The summed E-state index contributed by atoms with van der Waals surface area (Å²) in [6.45, 7) is 6.41. The summed E-state index contributed by atoms with van der Waals surface area (Å²) in [4.78, 5) is 15.9. The van der Waals surface area contributed by atoms with Gasteiger partial charge in [-0.2, -0.15) is 0 Å². The zero-order chi connectivity index (χ0) is 18.1. The fourth-order valence-corrected chi connectivity index (χ4v) is 3.03. The summed E-state index contributed by atoms with van der Waals surface area (Å²) < 4.78 is 34.7. The maximum absolute atomic E-state index is 12.3. The Morgan fingerprint density at radius 1 is 1.29 bits per heavy atom. The molecule has 2 rings (SSSR count). The van der Waals surface area contributed by atoms with Crippen molar-refractivity contribution in [2.45, 2.75) is 38.4 Å². The lowest BCUT2D eigenvalue weighted by Gasteiger charge is -2.13. The molecule has 0 radical (unpaired) electrons. The topological polar surface area (TPSA) is 107 Å². The molecule has 7 nitrogen and oxygen atoms in total. The molecule has 2 aromatic heterocycles. The Morgan fingerprint density at radius 2 is 1.88 bits per heavy atom. The molecule has 2 aromatic rings. The number of nitrogens with zero attached hydrogens (tertiary/aromatic N) is 1. The van der Waals surface area contributed by atoms with E-state index in [-0.39, 0.29) is 5.09 Å². The van der Waals surface area contributed by atoms with E-state index in [2.05, 4.69) is 4.98 Å². The van der Waals surface area contributed by atoms with Crippen molar-refractivity contribution in [1.29, 1.82) is 0 Å². The number of aliphatic hydroxyl groups is 1. The van der Waals surface area contributed by atoms with Crippen molar-refractivity contribution in [2.75, 3.05) is 5.75 Å². The van der Waals surface area contributed by atoms with Gasteiger partial charge in [0.2, 0.25) is 14.9 Å². The summed E-state index contributed by atoms with van der Waals surface area (Å²) >= 11 is 0. The van der Waals surface area contributed by atoms with Crippen molar-refractivity contribution in [2.24, 2.45) is 0 Å². The number of aryl methyl sites for hydroxylation is 2. The van der Waals surface area contributed by atoms with Gasteiger partial charge in [-0.15, -0.1) is 0 Å². The molecule has 0 amide bonds. The lowest BCUT2D eigenvalue weighted by atomic mass is 10.0. The van der Waals surface area contributed by atoms with E-state index >= 15 is 0 Å². The second-order valence-electron chi connectivity index (χ2n) is 6.05. The first-order valence-corrected chi connectivity index (χ1v) is 8.82. The third-order valence-electron chi connectivity index (χ3n) is 3.36. The number of ether oxygens (including phenoxy) is 1. The third-order valence-corrected chi connectivity index (χ3v) is 4.81. The number of aromatic nitrogens is 1. The zero-order valence-electron chi connectivity index (χ0n) is 13.9. The zero-order valence-corrected chi connectivity index (χ0v) is 14.7. The van der Waals surface area contributed by atoms with E-state index in [0.29, 0.717) is 22.4 Å². The molecule has 0 bridgehead atoms. The molecule has 0 unspecified atom stereocenters. The Morgan fingerprint density at radius 3 is 2.38 bits per heavy atom. The molecule has 0 fully saturated rings. The first-order valence-electron chi connectivity index (χ1n) is 7.17. The molecule has 1 N–H and O–H groups in total. The second-order valence-corrected chi connectivity index (χ2v) is 7.97. The summed E-state index contributed by atoms with van der Waals surface area (Å²) in [7, 11) is -4.01. The highest BCUT2D eigenvalue weighted by atomic mass is 32.2. The van der Waals surface area contributed by atoms with Crippen LogP contribution in [0.25, 0.3) is 0 Å². The molecule has 0 spiro atoms. The highest BCUT2D eigenvalue weighted by Gasteiger charge is 2.28. The van der Waals surface area contributed by atoms with Crippen LogP contribution in [0.1, 0.15) is 30.5 Å². The summed E-state index contributed by atoms with van der Waals surface area (Å²) in [5.74, 6) is -1.50. The smallest absolute Gasteiger partial charge is 0.327 e. The van der Waals surface area contributed by atoms with Crippen molar-refractivity contribution < 1.29 is 27.5 Å². The van der Waals surface area contributed by atoms with Gasteiger partial charge in [0.25, 0.3) is 0 Å². The van der Waals surface area contributed by atoms with E-state index in [1.54, 1.807) is 13.8 Å². The van der Waals surface area contributed by atoms with Gasteiger partial charge >= 0.3 is 5.97 Å². The minimum Gasteiger partial charge on any atom is -0.453 e. The number of pyridine rings is 1.